The highest BCUT2D eigenvalue weighted by Crippen LogP contribution is 2.44. The summed E-state index contributed by atoms with van der Waals surface area (Å²) in [4.78, 5) is 16.5. The van der Waals surface area contributed by atoms with Crippen LogP contribution in [0.1, 0.15) is 18.5 Å². The number of carbonyl (C=O) groups is 1. The highest BCUT2D eigenvalue weighted by molar-refractivity contribution is 5.75. The lowest BCUT2D eigenvalue weighted by atomic mass is 9.90. The minimum atomic E-state index is -0.137. The molecule has 0 amide bonds. The predicted molar refractivity (Wildman–Crippen MR) is 81.8 cm³/mol. The van der Waals surface area contributed by atoms with Gasteiger partial charge in [0.1, 0.15) is 6.04 Å². The third-order valence-corrected chi connectivity index (χ3v) is 5.15. The second-order valence-electron chi connectivity index (χ2n) is 6.37. The Hall–Kier alpha value is -1.39. The molecule has 2 aliphatic rings. The Balaban J connectivity index is 1.76. The monoisotopic (exact) mass is 288 g/mol. The lowest BCUT2D eigenvalue weighted by Gasteiger charge is -2.28. The van der Waals surface area contributed by atoms with Gasteiger partial charge in [-0.15, -0.1) is 0 Å². The van der Waals surface area contributed by atoms with Crippen molar-refractivity contribution in [1.82, 2.24) is 9.80 Å². The first kappa shape index (κ1) is 14.5. The first-order valence-corrected chi connectivity index (χ1v) is 7.69. The Labute approximate surface area is 126 Å². The molecule has 0 spiro atoms. The fraction of sp³-hybridized carbons (Fsp3) is 0.588. The molecule has 0 saturated carbocycles. The van der Waals surface area contributed by atoms with Crippen molar-refractivity contribution in [1.29, 1.82) is 0 Å². The maximum absolute atomic E-state index is 11.8. The number of hydrogen-bond acceptors (Lipinski definition) is 4. The fourth-order valence-electron chi connectivity index (χ4n) is 4.08. The summed E-state index contributed by atoms with van der Waals surface area (Å²) in [5, 5.41) is 0. The second kappa shape index (κ2) is 5.78. The van der Waals surface area contributed by atoms with Crippen LogP contribution in [-0.2, 0) is 9.53 Å². The van der Waals surface area contributed by atoms with Gasteiger partial charge in [0, 0.05) is 25.7 Å². The number of ether oxygens (including phenoxy) is 1. The maximum atomic E-state index is 11.8. The molecule has 1 aromatic rings. The van der Waals surface area contributed by atoms with Crippen LogP contribution >= 0.6 is 0 Å². The zero-order chi connectivity index (χ0) is 15.0. The number of nitrogens with zero attached hydrogens (tertiary/aromatic N) is 2. The molecule has 0 bridgehead atoms. The minimum Gasteiger partial charge on any atom is -0.468 e. The Morgan fingerprint density at radius 3 is 2.62 bits per heavy atom. The predicted octanol–water partition coefficient (Wildman–Crippen LogP) is 1.78. The van der Waals surface area contributed by atoms with Crippen LogP contribution in [0.5, 0.6) is 0 Å². The van der Waals surface area contributed by atoms with Gasteiger partial charge in [-0.05, 0) is 31.4 Å². The van der Waals surface area contributed by atoms with Crippen LogP contribution in [-0.4, -0.2) is 55.6 Å². The minimum absolute atomic E-state index is 0.125. The number of carbonyl (C=O) groups excluding carboxylic acids is 1. The molecule has 4 atom stereocenters. The van der Waals surface area contributed by atoms with E-state index in [4.69, 9.17) is 4.74 Å². The maximum Gasteiger partial charge on any atom is 0.322 e. The van der Waals surface area contributed by atoms with E-state index in [-0.39, 0.29) is 12.0 Å². The number of hydrogen-bond donors (Lipinski definition) is 0. The SMILES string of the molecule is COC(=O)[C@H](C)N1C[C@@H]2CN(C)[C@@H](c3ccccc3)[C@@H]2C1. The van der Waals surface area contributed by atoms with E-state index in [0.29, 0.717) is 17.9 Å². The topological polar surface area (TPSA) is 32.8 Å². The molecule has 3 rings (SSSR count). The highest BCUT2D eigenvalue weighted by atomic mass is 16.5. The largest absolute Gasteiger partial charge is 0.468 e. The van der Waals surface area contributed by atoms with Crippen LogP contribution in [0.3, 0.4) is 0 Å². The molecule has 0 aliphatic carbocycles. The molecule has 2 aliphatic heterocycles. The van der Waals surface area contributed by atoms with Gasteiger partial charge in [0.05, 0.1) is 7.11 Å². The second-order valence-corrected chi connectivity index (χ2v) is 6.37. The number of benzene rings is 1. The number of rotatable bonds is 3. The van der Waals surface area contributed by atoms with Crippen molar-refractivity contribution in [2.24, 2.45) is 11.8 Å². The van der Waals surface area contributed by atoms with Crippen molar-refractivity contribution in [3.63, 3.8) is 0 Å². The lowest BCUT2D eigenvalue weighted by molar-refractivity contribution is -0.146. The van der Waals surface area contributed by atoms with Gasteiger partial charge in [-0.2, -0.15) is 0 Å². The highest BCUT2D eigenvalue weighted by Gasteiger charge is 2.47. The third kappa shape index (κ3) is 2.58. The van der Waals surface area contributed by atoms with Crippen molar-refractivity contribution in [3.05, 3.63) is 35.9 Å². The summed E-state index contributed by atoms with van der Waals surface area (Å²) < 4.78 is 4.89. The number of esters is 1. The molecule has 21 heavy (non-hydrogen) atoms. The van der Waals surface area contributed by atoms with Gasteiger partial charge >= 0.3 is 5.97 Å². The third-order valence-electron chi connectivity index (χ3n) is 5.15. The molecule has 0 N–H and O–H groups in total. The summed E-state index contributed by atoms with van der Waals surface area (Å²) in [6.45, 7) is 5.03. The van der Waals surface area contributed by atoms with Crippen molar-refractivity contribution in [2.45, 2.75) is 19.0 Å². The molecule has 1 aromatic carbocycles. The molecule has 2 fully saturated rings. The number of methoxy groups -OCH3 is 1. The van der Waals surface area contributed by atoms with Crippen molar-refractivity contribution < 1.29 is 9.53 Å². The number of likely N-dealkylation sites (tertiary alicyclic amines) is 2. The molecule has 0 aromatic heterocycles. The number of fused-ring (bicyclic) bond motifs is 1. The summed E-state index contributed by atoms with van der Waals surface area (Å²) in [5.41, 5.74) is 1.39. The first-order chi connectivity index (χ1) is 10.1. The van der Waals surface area contributed by atoms with Gasteiger partial charge < -0.3 is 4.74 Å². The summed E-state index contributed by atoms with van der Waals surface area (Å²) >= 11 is 0. The zero-order valence-corrected chi connectivity index (χ0v) is 13.0. The van der Waals surface area contributed by atoms with E-state index in [9.17, 15) is 4.79 Å². The van der Waals surface area contributed by atoms with Crippen LogP contribution in [0.25, 0.3) is 0 Å². The van der Waals surface area contributed by atoms with Gasteiger partial charge in [0.2, 0.25) is 0 Å². The summed E-state index contributed by atoms with van der Waals surface area (Å²) in [7, 11) is 3.68. The molecule has 114 valence electrons. The molecule has 0 unspecified atom stereocenters. The Bertz CT molecular complexity index is 505. The van der Waals surface area contributed by atoms with Crippen LogP contribution in [0.4, 0.5) is 0 Å². The first-order valence-electron chi connectivity index (χ1n) is 7.69. The molecule has 0 radical (unpaired) electrons. The van der Waals surface area contributed by atoms with Crippen LogP contribution in [0.2, 0.25) is 0 Å². The summed E-state index contributed by atoms with van der Waals surface area (Å²) in [5.74, 6) is 1.12. The fourth-order valence-corrected chi connectivity index (χ4v) is 4.08. The average molecular weight is 288 g/mol. The standard InChI is InChI=1S/C17H24N2O2/c1-12(17(20)21-3)19-10-14-9-18(2)16(15(14)11-19)13-7-5-4-6-8-13/h4-8,12,14-16H,9-11H2,1-3H3/t12-,14-,15+,16-/m0/s1. The quantitative estimate of drug-likeness (QED) is 0.794. The van der Waals surface area contributed by atoms with Crippen LogP contribution < -0.4 is 0 Å². The molecule has 4 heteroatoms. The van der Waals surface area contributed by atoms with Gasteiger partial charge in [-0.1, -0.05) is 30.3 Å². The molecule has 2 saturated heterocycles. The van der Waals surface area contributed by atoms with Gasteiger partial charge in [-0.3, -0.25) is 14.6 Å². The van der Waals surface area contributed by atoms with Crippen molar-refractivity contribution in [2.75, 3.05) is 33.8 Å². The van der Waals surface area contributed by atoms with Crippen molar-refractivity contribution >= 4 is 5.97 Å². The van der Waals surface area contributed by atoms with Gasteiger partial charge in [0.25, 0.3) is 0 Å². The van der Waals surface area contributed by atoms with E-state index in [1.807, 2.05) is 6.92 Å². The van der Waals surface area contributed by atoms with Gasteiger partial charge in [0.15, 0.2) is 0 Å². The molecule has 2 heterocycles. The smallest absolute Gasteiger partial charge is 0.322 e. The van der Waals surface area contributed by atoms with E-state index in [1.54, 1.807) is 0 Å². The zero-order valence-electron chi connectivity index (χ0n) is 13.0. The summed E-state index contributed by atoms with van der Waals surface area (Å²) in [6.07, 6.45) is 0. The molecule has 4 nitrogen and oxygen atoms in total. The Morgan fingerprint density at radius 2 is 1.95 bits per heavy atom. The van der Waals surface area contributed by atoms with Crippen LogP contribution in [0.15, 0.2) is 30.3 Å². The average Bonchev–Trinajstić information content (AvgIpc) is 3.02. The van der Waals surface area contributed by atoms with Crippen LogP contribution in [0, 0.1) is 11.8 Å². The van der Waals surface area contributed by atoms with E-state index >= 15 is 0 Å². The Morgan fingerprint density at radius 1 is 1.24 bits per heavy atom. The van der Waals surface area contributed by atoms with E-state index in [1.165, 1.54) is 12.7 Å². The van der Waals surface area contributed by atoms with E-state index < -0.39 is 0 Å². The van der Waals surface area contributed by atoms with Gasteiger partial charge in [-0.25, -0.2) is 0 Å². The Kier molecular flexibility index (Phi) is 4.00. The molecular formula is C17H24N2O2. The molecular weight excluding hydrogens is 264 g/mol. The van der Waals surface area contributed by atoms with E-state index in [0.717, 1.165) is 19.6 Å². The van der Waals surface area contributed by atoms with Crippen molar-refractivity contribution in [3.8, 4) is 0 Å². The summed E-state index contributed by atoms with van der Waals surface area (Å²) in [6, 6.07) is 11.1. The normalized spacial score (nSPS) is 31.1. The lowest BCUT2D eigenvalue weighted by Crippen LogP contribution is -2.40. The van der Waals surface area contributed by atoms with E-state index in [2.05, 4.69) is 47.2 Å².